The van der Waals surface area contributed by atoms with Gasteiger partial charge in [0.2, 0.25) is 0 Å². The van der Waals surface area contributed by atoms with Crippen molar-refractivity contribution in [2.45, 2.75) is 47.0 Å². The van der Waals surface area contributed by atoms with Gasteiger partial charge in [0.25, 0.3) is 0 Å². The summed E-state index contributed by atoms with van der Waals surface area (Å²) in [5, 5.41) is 0. The van der Waals surface area contributed by atoms with Crippen LogP contribution in [0, 0.1) is 25.7 Å². The molecule has 0 fully saturated rings. The average molecular weight is 233 g/mol. The fraction of sp³-hybridized carbons (Fsp3) is 0.625. The summed E-state index contributed by atoms with van der Waals surface area (Å²) in [6.07, 6.45) is 1.24. The third-order valence-corrected chi connectivity index (χ3v) is 3.46. The summed E-state index contributed by atoms with van der Waals surface area (Å²) < 4.78 is 0. The Labute approximate surface area is 106 Å². The first kappa shape index (κ1) is 14.2. The molecule has 1 nitrogen and oxygen atoms in total. The van der Waals surface area contributed by atoms with Gasteiger partial charge < -0.3 is 5.73 Å². The van der Waals surface area contributed by atoms with Crippen LogP contribution in [-0.2, 0) is 0 Å². The van der Waals surface area contributed by atoms with E-state index in [9.17, 15) is 0 Å². The first-order valence-electron chi connectivity index (χ1n) is 6.72. The molecule has 0 aliphatic rings. The van der Waals surface area contributed by atoms with Crippen molar-refractivity contribution in [1.29, 1.82) is 0 Å². The second-order valence-electron chi connectivity index (χ2n) is 5.87. The molecule has 0 spiro atoms. The predicted octanol–water partition coefficient (Wildman–Crippen LogP) is 4.03. The van der Waals surface area contributed by atoms with E-state index in [0.29, 0.717) is 11.8 Å². The molecule has 0 saturated carbocycles. The largest absolute Gasteiger partial charge is 0.330 e. The number of hydrogen-bond donors (Lipinski definition) is 1. The number of nitrogens with two attached hydrogens (primary N) is 1. The molecule has 1 heteroatoms. The zero-order chi connectivity index (χ0) is 13.0. The van der Waals surface area contributed by atoms with E-state index in [1.807, 2.05) is 0 Å². The lowest BCUT2D eigenvalue weighted by atomic mass is 9.81. The summed E-state index contributed by atoms with van der Waals surface area (Å²) in [7, 11) is 0. The number of hydrogen-bond acceptors (Lipinski definition) is 1. The predicted molar refractivity (Wildman–Crippen MR) is 76.3 cm³/mol. The Morgan fingerprint density at radius 1 is 1.00 bits per heavy atom. The van der Waals surface area contributed by atoms with Crippen LogP contribution in [0.2, 0.25) is 0 Å². The summed E-state index contributed by atoms with van der Waals surface area (Å²) in [5.74, 6) is 1.89. The molecule has 0 aromatic heterocycles. The van der Waals surface area contributed by atoms with Crippen molar-refractivity contribution in [3.8, 4) is 0 Å². The smallest absolute Gasteiger partial charge is 0.000566 e. The van der Waals surface area contributed by atoms with Gasteiger partial charge >= 0.3 is 0 Å². The Morgan fingerprint density at radius 2 is 1.53 bits per heavy atom. The van der Waals surface area contributed by atoms with Crippen LogP contribution in [0.1, 0.15) is 49.8 Å². The minimum Gasteiger partial charge on any atom is -0.330 e. The Bertz CT molecular complexity index is 334. The fourth-order valence-corrected chi connectivity index (χ4v) is 2.83. The molecule has 1 aromatic rings. The SMILES string of the molecule is Cc1cc(C)cc(C(CN)C(C)CC(C)C)c1. The normalized spacial score (nSPS) is 15.0. The van der Waals surface area contributed by atoms with E-state index in [1.54, 1.807) is 0 Å². The summed E-state index contributed by atoms with van der Waals surface area (Å²) >= 11 is 0. The lowest BCUT2D eigenvalue weighted by molar-refractivity contribution is 0.376. The molecular formula is C16H27N. The second kappa shape index (κ2) is 6.20. The summed E-state index contributed by atoms with van der Waals surface area (Å²) in [6.45, 7) is 12.0. The molecule has 2 unspecified atom stereocenters. The highest BCUT2D eigenvalue weighted by Gasteiger charge is 2.19. The highest BCUT2D eigenvalue weighted by molar-refractivity contribution is 5.31. The quantitative estimate of drug-likeness (QED) is 0.816. The van der Waals surface area contributed by atoms with Crippen LogP contribution in [0.25, 0.3) is 0 Å². The molecule has 1 aromatic carbocycles. The van der Waals surface area contributed by atoms with Gasteiger partial charge in [-0.05, 0) is 50.1 Å². The van der Waals surface area contributed by atoms with Gasteiger partial charge in [-0.25, -0.2) is 0 Å². The second-order valence-corrected chi connectivity index (χ2v) is 5.87. The maximum absolute atomic E-state index is 5.98. The van der Waals surface area contributed by atoms with E-state index in [2.05, 4.69) is 52.8 Å². The van der Waals surface area contributed by atoms with Gasteiger partial charge in [-0.15, -0.1) is 0 Å². The Balaban J connectivity index is 2.92. The van der Waals surface area contributed by atoms with Crippen molar-refractivity contribution >= 4 is 0 Å². The van der Waals surface area contributed by atoms with Crippen molar-refractivity contribution in [1.82, 2.24) is 0 Å². The zero-order valence-corrected chi connectivity index (χ0v) is 12.0. The van der Waals surface area contributed by atoms with Gasteiger partial charge in [-0.3, -0.25) is 0 Å². The van der Waals surface area contributed by atoms with Crippen LogP contribution >= 0.6 is 0 Å². The lowest BCUT2D eigenvalue weighted by Gasteiger charge is -2.25. The molecule has 0 radical (unpaired) electrons. The summed E-state index contributed by atoms with van der Waals surface area (Å²) in [4.78, 5) is 0. The van der Waals surface area contributed by atoms with Gasteiger partial charge in [0.1, 0.15) is 0 Å². The highest BCUT2D eigenvalue weighted by atomic mass is 14.6. The minimum absolute atomic E-state index is 0.496. The van der Waals surface area contributed by atoms with Gasteiger partial charge in [-0.1, -0.05) is 50.1 Å². The Hall–Kier alpha value is -0.820. The molecule has 2 N–H and O–H groups in total. The van der Waals surface area contributed by atoms with Crippen LogP contribution in [-0.4, -0.2) is 6.54 Å². The number of aryl methyl sites for hydroxylation is 2. The minimum atomic E-state index is 0.496. The van der Waals surface area contributed by atoms with Crippen LogP contribution in [0.4, 0.5) is 0 Å². The third kappa shape index (κ3) is 4.16. The first-order valence-corrected chi connectivity index (χ1v) is 6.72. The van der Waals surface area contributed by atoms with Crippen LogP contribution in [0.3, 0.4) is 0 Å². The van der Waals surface area contributed by atoms with Crippen LogP contribution in [0.5, 0.6) is 0 Å². The summed E-state index contributed by atoms with van der Waals surface area (Å²) in [6, 6.07) is 6.81. The van der Waals surface area contributed by atoms with Gasteiger partial charge in [0.15, 0.2) is 0 Å². The first-order chi connectivity index (χ1) is 7.93. The van der Waals surface area contributed by atoms with Crippen molar-refractivity contribution in [3.63, 3.8) is 0 Å². The van der Waals surface area contributed by atoms with Crippen molar-refractivity contribution < 1.29 is 0 Å². The standard InChI is InChI=1S/C16H27N/c1-11(2)6-14(5)16(10-17)15-8-12(3)7-13(4)9-15/h7-9,11,14,16H,6,10,17H2,1-5H3. The fourth-order valence-electron chi connectivity index (χ4n) is 2.83. The summed E-state index contributed by atoms with van der Waals surface area (Å²) in [5.41, 5.74) is 10.1. The van der Waals surface area contributed by atoms with E-state index >= 15 is 0 Å². The van der Waals surface area contributed by atoms with Gasteiger partial charge in [-0.2, -0.15) is 0 Å². The molecule has 1 rings (SSSR count). The Morgan fingerprint density at radius 3 is 1.94 bits per heavy atom. The van der Waals surface area contributed by atoms with Crippen LogP contribution < -0.4 is 5.73 Å². The van der Waals surface area contributed by atoms with Gasteiger partial charge in [0, 0.05) is 0 Å². The van der Waals surface area contributed by atoms with Crippen molar-refractivity contribution in [3.05, 3.63) is 34.9 Å². The maximum atomic E-state index is 5.98. The van der Waals surface area contributed by atoms with Crippen molar-refractivity contribution in [2.75, 3.05) is 6.54 Å². The van der Waals surface area contributed by atoms with E-state index in [-0.39, 0.29) is 0 Å². The highest BCUT2D eigenvalue weighted by Crippen LogP contribution is 2.29. The topological polar surface area (TPSA) is 26.0 Å². The zero-order valence-electron chi connectivity index (χ0n) is 12.0. The van der Waals surface area contributed by atoms with E-state index in [4.69, 9.17) is 5.73 Å². The maximum Gasteiger partial charge on any atom is -0.000566 e. The van der Waals surface area contributed by atoms with E-state index in [1.165, 1.54) is 23.1 Å². The molecule has 0 heterocycles. The van der Waals surface area contributed by atoms with Crippen LogP contribution in [0.15, 0.2) is 18.2 Å². The molecule has 0 bridgehead atoms. The molecule has 0 amide bonds. The number of benzene rings is 1. The Kier molecular flexibility index (Phi) is 5.20. The van der Waals surface area contributed by atoms with Gasteiger partial charge in [0.05, 0.1) is 0 Å². The molecule has 17 heavy (non-hydrogen) atoms. The van der Waals surface area contributed by atoms with E-state index < -0.39 is 0 Å². The average Bonchev–Trinajstić information content (AvgIpc) is 2.15. The number of rotatable bonds is 5. The molecule has 96 valence electrons. The molecule has 0 aliphatic heterocycles. The third-order valence-electron chi connectivity index (χ3n) is 3.46. The lowest BCUT2D eigenvalue weighted by Crippen LogP contribution is -2.21. The molecule has 0 saturated heterocycles. The molecular weight excluding hydrogens is 206 g/mol. The van der Waals surface area contributed by atoms with Crippen molar-refractivity contribution in [2.24, 2.45) is 17.6 Å². The monoisotopic (exact) mass is 233 g/mol. The van der Waals surface area contributed by atoms with E-state index in [0.717, 1.165) is 12.5 Å². The molecule has 0 aliphatic carbocycles. The molecule has 2 atom stereocenters.